The molecule has 2 aliphatic carbocycles. The van der Waals surface area contributed by atoms with Crippen molar-refractivity contribution in [2.24, 2.45) is 0 Å². The predicted molar refractivity (Wildman–Crippen MR) is 284 cm³/mol. The van der Waals surface area contributed by atoms with Crippen molar-refractivity contribution in [3.63, 3.8) is 0 Å². The number of nitrogens with one attached hydrogen (secondary N) is 1. The number of ether oxygens (including phenoxy) is 4. The fourth-order valence-electron chi connectivity index (χ4n) is 9.37. The van der Waals surface area contributed by atoms with Gasteiger partial charge in [-0.2, -0.15) is 0 Å². The zero-order chi connectivity index (χ0) is 52.3. The third kappa shape index (κ3) is 11.3. The number of methoxy groups -OCH3 is 2. The summed E-state index contributed by atoms with van der Waals surface area (Å²) in [4.78, 5) is 31.1. The first-order valence-electron chi connectivity index (χ1n) is 24.8. The number of nitrogens with zero attached hydrogens (tertiary/aromatic N) is 8. The molecule has 6 aromatic heterocycles. The molecule has 0 spiro atoms. The van der Waals surface area contributed by atoms with E-state index in [1.54, 1.807) is 51.4 Å². The van der Waals surface area contributed by atoms with E-state index >= 15 is 4.39 Å². The van der Waals surface area contributed by atoms with Crippen LogP contribution in [0.15, 0.2) is 85.7 Å². The lowest BCUT2D eigenvalue weighted by Gasteiger charge is -2.28. The minimum Gasteiger partial charge on any atom is -0.495 e. The normalized spacial score (nSPS) is 15.5. The van der Waals surface area contributed by atoms with Gasteiger partial charge in [-0.05, 0) is 62.8 Å². The molecule has 2 saturated heterocycles. The molecule has 14 nitrogen and oxygen atoms in total. The van der Waals surface area contributed by atoms with E-state index in [4.69, 9.17) is 41.3 Å². The Labute approximate surface area is 436 Å². The van der Waals surface area contributed by atoms with Crippen LogP contribution >= 0.6 is 11.6 Å². The number of halogens is 5. The Morgan fingerprint density at radius 3 is 1.60 bits per heavy atom. The van der Waals surface area contributed by atoms with E-state index in [0.717, 1.165) is 139 Å². The first kappa shape index (κ1) is 51.1. The first-order chi connectivity index (χ1) is 36.4. The summed E-state index contributed by atoms with van der Waals surface area (Å²) >= 11 is 6.16. The minimum absolute atomic E-state index is 0.218. The highest BCUT2D eigenvalue weighted by atomic mass is 35.5. The second-order valence-corrected chi connectivity index (χ2v) is 19.2. The number of aromatic nitrogens is 6. The van der Waals surface area contributed by atoms with Crippen molar-refractivity contribution >= 4 is 62.1 Å². The fraction of sp³-hybridized carbons (Fsp3) is 0.321. The van der Waals surface area contributed by atoms with Crippen LogP contribution in [-0.4, -0.2) is 96.7 Å². The summed E-state index contributed by atoms with van der Waals surface area (Å²) in [7, 11) is 3.21. The van der Waals surface area contributed by atoms with Crippen molar-refractivity contribution in [2.75, 3.05) is 87.7 Å². The van der Waals surface area contributed by atoms with Gasteiger partial charge in [-0.3, -0.25) is 19.9 Å². The van der Waals surface area contributed by atoms with Gasteiger partial charge in [0, 0.05) is 139 Å². The standard InChI is InChI=1S/C28H27F2N5O2.C15H18N4O2.C13H10ClF2N/c1-16-27(17-3-4-17)34-24-11-19(29)10-22(30)26(24)28(16)33-23-12-25(35-5-7-37-8-6-35)32-15-21(23)18-9-20(36-2)14-31-13-18;1-20-12-6-11(8-17-9-12)13-10-18-15(7-14(13)16)19-2-4-21-5-3-19;1-6-12(14)11-9(16)4-8(15)5-10(11)17-13(6)7-2-3-7/h9-15,17H,3-8H2,1-2H3,(H,32,33,34);6-10H,2-5H2,1H3,(H2,16,18);4-5,7H,2-3H2,1H3. The molecular weight excluding hydrogens is 988 g/mol. The van der Waals surface area contributed by atoms with Gasteiger partial charge in [0.25, 0.3) is 0 Å². The molecule has 388 valence electrons. The average Bonchev–Trinajstić information content (AvgIpc) is 4.38. The third-order valence-corrected chi connectivity index (χ3v) is 14.2. The zero-order valence-electron chi connectivity index (χ0n) is 41.9. The van der Waals surface area contributed by atoms with Gasteiger partial charge < -0.3 is 39.8 Å². The zero-order valence-corrected chi connectivity index (χ0v) is 42.7. The number of hydrogen-bond acceptors (Lipinski definition) is 14. The van der Waals surface area contributed by atoms with Gasteiger partial charge >= 0.3 is 0 Å². The SMILES string of the molecule is COc1cncc(-c2cnc(N3CCOCC3)cc2N)c1.COc1cncc(-c2cnc(N3CCOCC3)cc2Nc2c(C)c(C3CC3)nc3cc(F)cc(F)c23)c1.Cc1c(C2CC2)nc2cc(F)cc(F)c2c1Cl. The highest BCUT2D eigenvalue weighted by Crippen LogP contribution is 2.46. The molecule has 0 radical (unpaired) electrons. The second-order valence-electron chi connectivity index (χ2n) is 18.8. The number of fused-ring (bicyclic) bond motifs is 2. The molecule has 0 bridgehead atoms. The molecule has 0 amide bonds. The summed E-state index contributed by atoms with van der Waals surface area (Å²) in [6.45, 7) is 9.62. The number of hydrogen-bond donors (Lipinski definition) is 2. The molecule has 2 aromatic carbocycles. The van der Waals surface area contributed by atoms with Crippen molar-refractivity contribution in [2.45, 2.75) is 51.4 Å². The lowest BCUT2D eigenvalue weighted by atomic mass is 10.0. The predicted octanol–water partition coefficient (Wildman–Crippen LogP) is 11.7. The van der Waals surface area contributed by atoms with Crippen molar-refractivity contribution in [3.8, 4) is 33.8 Å². The summed E-state index contributed by atoms with van der Waals surface area (Å²) in [6.07, 6.45) is 14.6. The van der Waals surface area contributed by atoms with E-state index in [-0.39, 0.29) is 10.8 Å². The molecule has 75 heavy (non-hydrogen) atoms. The Bertz CT molecular complexity index is 3410. The fourth-order valence-corrected chi connectivity index (χ4v) is 9.65. The summed E-state index contributed by atoms with van der Waals surface area (Å²) < 4.78 is 77.7. The number of anilines is 5. The Morgan fingerprint density at radius 1 is 0.600 bits per heavy atom. The van der Waals surface area contributed by atoms with Crippen LogP contribution in [0.2, 0.25) is 5.02 Å². The summed E-state index contributed by atoms with van der Waals surface area (Å²) in [6, 6.07) is 11.9. The quantitative estimate of drug-likeness (QED) is 0.125. The van der Waals surface area contributed by atoms with Gasteiger partial charge in [-0.15, -0.1) is 0 Å². The molecule has 19 heteroatoms. The van der Waals surface area contributed by atoms with E-state index in [2.05, 4.69) is 40.0 Å². The van der Waals surface area contributed by atoms with E-state index < -0.39 is 23.3 Å². The van der Waals surface area contributed by atoms with Crippen LogP contribution in [0, 0.1) is 37.1 Å². The number of nitrogen functional groups attached to an aromatic ring is 1. The molecule has 8 aromatic rings. The molecule has 0 unspecified atom stereocenters. The lowest BCUT2D eigenvalue weighted by Crippen LogP contribution is -2.36. The maximum absolute atomic E-state index is 15.3. The largest absolute Gasteiger partial charge is 0.495 e. The van der Waals surface area contributed by atoms with Gasteiger partial charge in [-0.25, -0.2) is 27.5 Å². The smallest absolute Gasteiger partial charge is 0.137 e. The molecule has 12 rings (SSSR count). The van der Waals surface area contributed by atoms with E-state index in [0.29, 0.717) is 64.0 Å². The van der Waals surface area contributed by atoms with Gasteiger partial charge in [-0.1, -0.05) is 11.6 Å². The Morgan fingerprint density at radius 2 is 1.08 bits per heavy atom. The number of pyridine rings is 6. The van der Waals surface area contributed by atoms with Crippen LogP contribution < -0.4 is 30.3 Å². The topological polar surface area (TPSA) is 159 Å². The van der Waals surface area contributed by atoms with Crippen LogP contribution in [-0.2, 0) is 9.47 Å². The molecule has 3 N–H and O–H groups in total. The van der Waals surface area contributed by atoms with Crippen molar-refractivity contribution in [1.82, 2.24) is 29.9 Å². The lowest BCUT2D eigenvalue weighted by molar-refractivity contribution is 0.122. The molecule has 8 heterocycles. The maximum Gasteiger partial charge on any atom is 0.137 e. The first-order valence-corrected chi connectivity index (χ1v) is 25.2. The van der Waals surface area contributed by atoms with Crippen LogP contribution in [0.4, 0.5) is 46.3 Å². The number of nitrogens with two attached hydrogens (primary N) is 1. The third-order valence-electron chi connectivity index (χ3n) is 13.7. The molecule has 2 aliphatic heterocycles. The Hall–Kier alpha value is -7.41. The summed E-state index contributed by atoms with van der Waals surface area (Å²) in [5.74, 6) is 1.13. The van der Waals surface area contributed by atoms with Gasteiger partial charge in [0.05, 0.1) is 91.2 Å². The van der Waals surface area contributed by atoms with E-state index in [1.165, 1.54) is 12.1 Å². The minimum atomic E-state index is -0.650. The monoisotopic (exact) mass is 1040 g/mol. The molecular formula is C56H55ClF4N10O4. The number of rotatable bonds is 10. The van der Waals surface area contributed by atoms with E-state index in [9.17, 15) is 13.2 Å². The van der Waals surface area contributed by atoms with Crippen LogP contribution in [0.5, 0.6) is 11.5 Å². The summed E-state index contributed by atoms with van der Waals surface area (Å²) in [5, 5.41) is 4.35. The van der Waals surface area contributed by atoms with Crippen LogP contribution in [0.1, 0.15) is 60.0 Å². The van der Waals surface area contributed by atoms with Crippen LogP contribution in [0.25, 0.3) is 44.1 Å². The Balaban J connectivity index is 0.000000142. The van der Waals surface area contributed by atoms with Crippen molar-refractivity contribution < 1.29 is 36.5 Å². The van der Waals surface area contributed by atoms with Crippen LogP contribution in [0.3, 0.4) is 0 Å². The Kier molecular flexibility index (Phi) is 15.1. The van der Waals surface area contributed by atoms with Gasteiger partial charge in [0.1, 0.15) is 46.4 Å². The average molecular weight is 1040 g/mol. The van der Waals surface area contributed by atoms with E-state index in [1.807, 2.05) is 38.1 Å². The molecule has 4 aliphatic rings. The maximum atomic E-state index is 15.3. The van der Waals surface area contributed by atoms with Crippen molar-refractivity contribution in [3.05, 3.63) is 137 Å². The second kappa shape index (κ2) is 22.2. The number of morpholine rings is 2. The van der Waals surface area contributed by atoms with Crippen molar-refractivity contribution in [1.29, 1.82) is 0 Å². The summed E-state index contributed by atoms with van der Waals surface area (Å²) in [5.41, 5.74) is 15.6. The molecule has 4 fully saturated rings. The molecule has 0 atom stereocenters. The van der Waals surface area contributed by atoms with Gasteiger partial charge in [0.15, 0.2) is 0 Å². The number of benzene rings is 2. The highest BCUT2D eigenvalue weighted by molar-refractivity contribution is 6.36. The van der Waals surface area contributed by atoms with Gasteiger partial charge in [0.2, 0.25) is 0 Å². The molecule has 2 saturated carbocycles. The highest BCUT2D eigenvalue weighted by Gasteiger charge is 2.31.